The first-order valence-corrected chi connectivity index (χ1v) is 9.86. The predicted molar refractivity (Wildman–Crippen MR) is 127 cm³/mol. The third-order valence-corrected chi connectivity index (χ3v) is 5.17. The lowest BCUT2D eigenvalue weighted by molar-refractivity contribution is 0.774. The summed E-state index contributed by atoms with van der Waals surface area (Å²) in [6.45, 7) is 7.64. The molecule has 0 aliphatic rings. The first-order chi connectivity index (χ1) is 13.1. The fourth-order valence-corrected chi connectivity index (χ4v) is 3.73. The fourth-order valence-electron chi connectivity index (χ4n) is 2.94. The molecule has 28 heavy (non-hydrogen) atoms. The van der Waals surface area contributed by atoms with Gasteiger partial charge in [-0.25, -0.2) is 9.67 Å². The molecule has 150 valence electrons. The Morgan fingerprint density at radius 1 is 1.18 bits per heavy atom. The van der Waals surface area contributed by atoms with Crippen LogP contribution in [0.5, 0.6) is 0 Å². The molecule has 3 aromatic rings. The molecular formula is C20H27IN6S. The molecule has 0 aliphatic carbocycles. The van der Waals surface area contributed by atoms with Gasteiger partial charge in [-0.3, -0.25) is 4.99 Å². The standard InChI is InChI=1S/C20H26N6S.HI/c1-14-11-15(2)26(25-14)18-8-6-5-7-17(18)13-24-20(21-4)22-10-9-19-23-12-16(3)27-19;/h5-8,11-12H,9-10,13H2,1-4H3,(H2,21,22,24);1H. The van der Waals surface area contributed by atoms with Crippen molar-refractivity contribution in [3.8, 4) is 5.69 Å². The van der Waals surface area contributed by atoms with Crippen LogP contribution in [0.2, 0.25) is 0 Å². The number of aromatic nitrogens is 3. The third-order valence-electron chi connectivity index (χ3n) is 4.20. The van der Waals surface area contributed by atoms with E-state index in [-0.39, 0.29) is 24.0 Å². The van der Waals surface area contributed by atoms with Crippen molar-refractivity contribution in [1.82, 2.24) is 25.4 Å². The number of aryl methyl sites for hydroxylation is 3. The van der Waals surface area contributed by atoms with Crippen molar-refractivity contribution in [2.45, 2.75) is 33.7 Å². The number of aliphatic imine (C=N–C) groups is 1. The van der Waals surface area contributed by atoms with E-state index in [2.05, 4.69) is 57.8 Å². The number of hydrogen-bond acceptors (Lipinski definition) is 4. The first-order valence-electron chi connectivity index (χ1n) is 9.04. The second kappa shape index (κ2) is 10.6. The van der Waals surface area contributed by atoms with E-state index in [1.807, 2.05) is 29.9 Å². The van der Waals surface area contributed by atoms with Crippen molar-refractivity contribution in [3.63, 3.8) is 0 Å². The molecule has 0 spiro atoms. The molecule has 0 saturated carbocycles. The summed E-state index contributed by atoms with van der Waals surface area (Å²) in [6, 6.07) is 10.4. The van der Waals surface area contributed by atoms with Gasteiger partial charge in [0.15, 0.2) is 5.96 Å². The number of nitrogens with zero attached hydrogens (tertiary/aromatic N) is 4. The van der Waals surface area contributed by atoms with E-state index in [1.54, 1.807) is 18.4 Å². The Morgan fingerprint density at radius 2 is 1.96 bits per heavy atom. The number of hydrogen-bond donors (Lipinski definition) is 2. The lowest BCUT2D eigenvalue weighted by atomic mass is 10.1. The molecule has 1 aromatic carbocycles. The van der Waals surface area contributed by atoms with Gasteiger partial charge in [0.1, 0.15) is 0 Å². The SMILES string of the molecule is CN=C(NCCc1ncc(C)s1)NCc1ccccc1-n1nc(C)cc1C.I. The third kappa shape index (κ3) is 5.78. The smallest absolute Gasteiger partial charge is 0.191 e. The van der Waals surface area contributed by atoms with Crippen LogP contribution in [0.25, 0.3) is 5.69 Å². The quantitative estimate of drug-likeness (QED) is 0.301. The van der Waals surface area contributed by atoms with Crippen LogP contribution < -0.4 is 10.6 Å². The van der Waals surface area contributed by atoms with Crippen LogP contribution in [-0.4, -0.2) is 34.3 Å². The van der Waals surface area contributed by atoms with E-state index in [9.17, 15) is 0 Å². The Bertz CT molecular complexity index is 930. The van der Waals surface area contributed by atoms with Crippen LogP contribution in [0.15, 0.2) is 41.5 Å². The van der Waals surface area contributed by atoms with Gasteiger partial charge >= 0.3 is 0 Å². The lowest BCUT2D eigenvalue weighted by Crippen LogP contribution is -2.38. The molecule has 0 aliphatic heterocycles. The van der Waals surface area contributed by atoms with Crippen molar-refractivity contribution in [3.05, 3.63) is 63.4 Å². The Hall–Kier alpha value is -1.94. The number of halogens is 1. The molecule has 0 amide bonds. The van der Waals surface area contributed by atoms with Gasteiger partial charge in [-0.1, -0.05) is 18.2 Å². The predicted octanol–water partition coefficient (Wildman–Crippen LogP) is 3.78. The van der Waals surface area contributed by atoms with Crippen LogP contribution in [-0.2, 0) is 13.0 Å². The number of rotatable bonds is 6. The summed E-state index contributed by atoms with van der Waals surface area (Å²) in [6.07, 6.45) is 2.81. The summed E-state index contributed by atoms with van der Waals surface area (Å²) >= 11 is 1.74. The minimum atomic E-state index is 0. The number of nitrogens with one attached hydrogen (secondary N) is 2. The maximum absolute atomic E-state index is 4.61. The molecule has 0 radical (unpaired) electrons. The zero-order chi connectivity index (χ0) is 19.2. The van der Waals surface area contributed by atoms with E-state index in [0.29, 0.717) is 6.54 Å². The zero-order valence-corrected chi connectivity index (χ0v) is 19.8. The fraction of sp³-hybridized carbons (Fsp3) is 0.350. The van der Waals surface area contributed by atoms with Crippen LogP contribution >= 0.6 is 35.3 Å². The molecule has 2 aromatic heterocycles. The summed E-state index contributed by atoms with van der Waals surface area (Å²) < 4.78 is 1.99. The summed E-state index contributed by atoms with van der Waals surface area (Å²) in [5, 5.41) is 12.5. The van der Waals surface area contributed by atoms with Gasteiger partial charge in [0, 0.05) is 43.3 Å². The van der Waals surface area contributed by atoms with E-state index in [4.69, 9.17) is 0 Å². The van der Waals surface area contributed by atoms with Gasteiger partial charge < -0.3 is 10.6 Å². The first kappa shape index (κ1) is 22.4. The monoisotopic (exact) mass is 510 g/mol. The molecule has 2 N–H and O–H groups in total. The molecule has 0 fully saturated rings. The minimum absolute atomic E-state index is 0. The minimum Gasteiger partial charge on any atom is -0.356 e. The summed E-state index contributed by atoms with van der Waals surface area (Å²) in [7, 11) is 1.79. The number of guanidine groups is 1. The normalized spacial score (nSPS) is 11.2. The number of para-hydroxylation sites is 1. The largest absolute Gasteiger partial charge is 0.356 e. The Labute approximate surface area is 187 Å². The van der Waals surface area contributed by atoms with Crippen molar-refractivity contribution >= 4 is 41.3 Å². The van der Waals surface area contributed by atoms with Crippen molar-refractivity contribution in [1.29, 1.82) is 0 Å². The average Bonchev–Trinajstić information content (AvgIpc) is 3.22. The van der Waals surface area contributed by atoms with Gasteiger partial charge in [0.2, 0.25) is 0 Å². The van der Waals surface area contributed by atoms with E-state index < -0.39 is 0 Å². The maximum atomic E-state index is 4.61. The van der Waals surface area contributed by atoms with Gasteiger partial charge in [-0.15, -0.1) is 35.3 Å². The summed E-state index contributed by atoms with van der Waals surface area (Å²) in [5.74, 6) is 0.784. The highest BCUT2D eigenvalue weighted by Gasteiger charge is 2.09. The van der Waals surface area contributed by atoms with Crippen LogP contribution in [0.1, 0.15) is 26.8 Å². The van der Waals surface area contributed by atoms with Gasteiger partial charge in [0.05, 0.1) is 16.4 Å². The van der Waals surface area contributed by atoms with Crippen molar-refractivity contribution in [2.24, 2.45) is 4.99 Å². The highest BCUT2D eigenvalue weighted by molar-refractivity contribution is 14.0. The lowest BCUT2D eigenvalue weighted by Gasteiger charge is -2.15. The zero-order valence-electron chi connectivity index (χ0n) is 16.7. The molecule has 8 heteroatoms. The Balaban J connectivity index is 0.00000280. The average molecular weight is 510 g/mol. The Morgan fingerprint density at radius 3 is 2.61 bits per heavy atom. The molecule has 0 saturated heterocycles. The maximum Gasteiger partial charge on any atom is 0.191 e. The van der Waals surface area contributed by atoms with E-state index in [1.165, 1.54) is 10.4 Å². The van der Waals surface area contributed by atoms with Gasteiger partial charge in [-0.05, 0) is 38.5 Å². The highest BCUT2D eigenvalue weighted by Crippen LogP contribution is 2.17. The Kier molecular flexibility index (Phi) is 8.43. The molecular weight excluding hydrogens is 483 g/mol. The van der Waals surface area contributed by atoms with E-state index >= 15 is 0 Å². The van der Waals surface area contributed by atoms with E-state index in [0.717, 1.165) is 41.0 Å². The summed E-state index contributed by atoms with van der Waals surface area (Å²) in [5.41, 5.74) is 4.40. The molecule has 6 nitrogen and oxygen atoms in total. The second-order valence-corrected chi connectivity index (χ2v) is 7.75. The molecule has 0 unspecified atom stereocenters. The second-order valence-electron chi connectivity index (χ2n) is 6.43. The van der Waals surface area contributed by atoms with Gasteiger partial charge in [-0.2, -0.15) is 5.10 Å². The van der Waals surface area contributed by atoms with Crippen LogP contribution in [0.4, 0.5) is 0 Å². The molecule has 0 atom stereocenters. The van der Waals surface area contributed by atoms with Crippen molar-refractivity contribution in [2.75, 3.05) is 13.6 Å². The molecule has 3 rings (SSSR count). The van der Waals surface area contributed by atoms with Crippen LogP contribution in [0, 0.1) is 20.8 Å². The van der Waals surface area contributed by atoms with Gasteiger partial charge in [0.25, 0.3) is 0 Å². The molecule has 0 bridgehead atoms. The molecule has 2 heterocycles. The van der Waals surface area contributed by atoms with Crippen LogP contribution in [0.3, 0.4) is 0 Å². The topological polar surface area (TPSA) is 67.1 Å². The highest BCUT2D eigenvalue weighted by atomic mass is 127. The summed E-state index contributed by atoms with van der Waals surface area (Å²) in [4.78, 5) is 9.96. The number of thiazole rings is 1. The van der Waals surface area contributed by atoms with Crippen molar-refractivity contribution < 1.29 is 0 Å². The number of benzene rings is 1.